The number of hydrogen-bond acceptors (Lipinski definition) is 4. The molecule has 1 rings (SSSR count). The Bertz CT molecular complexity index is 490. The Hall–Kier alpha value is -0.930. The highest BCUT2D eigenvalue weighted by Gasteiger charge is 2.20. The Balaban J connectivity index is 2.69. The molecule has 0 fully saturated rings. The van der Waals surface area contributed by atoms with Gasteiger partial charge in [0.25, 0.3) is 0 Å². The Labute approximate surface area is 128 Å². The fourth-order valence-corrected chi connectivity index (χ4v) is 3.45. The Morgan fingerprint density at radius 3 is 2.43 bits per heavy atom. The zero-order chi connectivity index (χ0) is 15.7. The van der Waals surface area contributed by atoms with Gasteiger partial charge in [-0.2, -0.15) is 0 Å². The van der Waals surface area contributed by atoms with Crippen LogP contribution < -0.4 is 0 Å². The average molecular weight is 311 g/mol. The van der Waals surface area contributed by atoms with E-state index in [1.165, 1.54) is 5.56 Å². The van der Waals surface area contributed by atoms with E-state index in [9.17, 15) is 4.57 Å². The van der Waals surface area contributed by atoms with Crippen molar-refractivity contribution < 1.29 is 13.6 Å². The van der Waals surface area contributed by atoms with Crippen LogP contribution in [-0.4, -0.2) is 38.4 Å². The maximum atomic E-state index is 12.3. The van der Waals surface area contributed by atoms with Gasteiger partial charge in [-0.1, -0.05) is 36.4 Å². The monoisotopic (exact) mass is 311 g/mol. The smallest absolute Gasteiger partial charge is 0.309 e. The minimum absolute atomic E-state index is 0.298. The second-order valence-electron chi connectivity index (χ2n) is 5.01. The van der Waals surface area contributed by atoms with Crippen molar-refractivity contribution in [2.75, 3.05) is 33.5 Å². The van der Waals surface area contributed by atoms with E-state index in [4.69, 9.17) is 9.05 Å². The fourth-order valence-electron chi connectivity index (χ4n) is 2.01. The highest BCUT2D eigenvalue weighted by Crippen LogP contribution is 2.47. The maximum absolute atomic E-state index is 12.3. The first-order valence-electron chi connectivity index (χ1n) is 7.27. The molecule has 0 radical (unpaired) electrons. The number of hydrogen-bond donors (Lipinski definition) is 0. The van der Waals surface area contributed by atoms with Gasteiger partial charge in [0.15, 0.2) is 0 Å². The van der Waals surface area contributed by atoms with Gasteiger partial charge >= 0.3 is 7.60 Å². The molecule has 0 bridgehead atoms. The van der Waals surface area contributed by atoms with Crippen molar-refractivity contribution in [2.45, 2.75) is 20.4 Å². The summed E-state index contributed by atoms with van der Waals surface area (Å²) < 4.78 is 22.8. The molecule has 1 aromatic rings. The standard InChI is InChI=1S/C16H26NO3P/c1-5-19-21(18,20-6-2)12-8-11-15-9-7-10-16(13-15)14-17(3)4/h7-11,13H,5-6,12,14H2,1-4H3. The lowest BCUT2D eigenvalue weighted by Crippen LogP contribution is -2.10. The molecule has 5 heteroatoms. The molecule has 0 saturated heterocycles. The van der Waals surface area contributed by atoms with Crippen molar-refractivity contribution in [2.24, 2.45) is 0 Å². The zero-order valence-corrected chi connectivity index (χ0v) is 14.3. The minimum atomic E-state index is -2.99. The van der Waals surface area contributed by atoms with Crippen LogP contribution in [0.1, 0.15) is 25.0 Å². The first-order chi connectivity index (χ1) is 9.99. The molecule has 0 N–H and O–H groups in total. The van der Waals surface area contributed by atoms with Crippen LogP contribution in [-0.2, 0) is 20.2 Å². The molecule has 0 aromatic heterocycles. The second-order valence-corrected chi connectivity index (χ2v) is 7.12. The molecule has 0 spiro atoms. The number of rotatable bonds is 9. The van der Waals surface area contributed by atoms with Crippen LogP contribution in [0.15, 0.2) is 30.3 Å². The summed E-state index contributed by atoms with van der Waals surface area (Å²) in [7, 11) is 1.10. The van der Waals surface area contributed by atoms with E-state index in [2.05, 4.69) is 17.0 Å². The molecule has 0 aliphatic heterocycles. The predicted octanol–water partition coefficient (Wildman–Crippen LogP) is 4.03. The molecule has 21 heavy (non-hydrogen) atoms. The molecule has 0 aliphatic rings. The molecule has 118 valence electrons. The van der Waals surface area contributed by atoms with Gasteiger partial charge in [0.2, 0.25) is 0 Å². The number of nitrogens with zero attached hydrogens (tertiary/aromatic N) is 1. The van der Waals surface area contributed by atoms with Crippen molar-refractivity contribution in [3.8, 4) is 0 Å². The van der Waals surface area contributed by atoms with E-state index in [0.717, 1.165) is 12.1 Å². The van der Waals surface area contributed by atoms with Gasteiger partial charge in [-0.05, 0) is 39.1 Å². The van der Waals surface area contributed by atoms with Crippen molar-refractivity contribution in [3.05, 3.63) is 41.5 Å². The summed E-state index contributed by atoms with van der Waals surface area (Å²) in [4.78, 5) is 2.13. The molecule has 0 aliphatic carbocycles. The van der Waals surface area contributed by atoms with Gasteiger partial charge in [-0.3, -0.25) is 4.57 Å². The van der Waals surface area contributed by atoms with Crippen LogP contribution in [0.3, 0.4) is 0 Å². The van der Waals surface area contributed by atoms with Crippen LogP contribution in [0.5, 0.6) is 0 Å². The molecule has 1 aromatic carbocycles. The fraction of sp³-hybridized carbons (Fsp3) is 0.500. The largest absolute Gasteiger partial charge is 0.334 e. The van der Waals surface area contributed by atoms with Crippen LogP contribution in [0.25, 0.3) is 6.08 Å². The molecule has 0 atom stereocenters. The van der Waals surface area contributed by atoms with Crippen LogP contribution in [0.2, 0.25) is 0 Å². The molecule has 0 saturated carbocycles. The zero-order valence-electron chi connectivity index (χ0n) is 13.4. The summed E-state index contributed by atoms with van der Waals surface area (Å²) in [5, 5.41) is 0. The lowest BCUT2D eigenvalue weighted by Gasteiger charge is -2.14. The van der Waals surface area contributed by atoms with Gasteiger partial charge in [-0.15, -0.1) is 0 Å². The lowest BCUT2D eigenvalue weighted by molar-refractivity contribution is 0.222. The van der Waals surface area contributed by atoms with Crippen molar-refractivity contribution in [1.29, 1.82) is 0 Å². The molecule has 0 amide bonds. The average Bonchev–Trinajstić information content (AvgIpc) is 2.38. The SMILES string of the molecule is CCOP(=O)(CC=Cc1cccc(CN(C)C)c1)OCC. The van der Waals surface area contributed by atoms with E-state index >= 15 is 0 Å². The Kier molecular flexibility index (Phi) is 7.91. The van der Waals surface area contributed by atoms with Gasteiger partial charge in [0, 0.05) is 6.54 Å². The Morgan fingerprint density at radius 1 is 1.19 bits per heavy atom. The van der Waals surface area contributed by atoms with Crippen molar-refractivity contribution in [3.63, 3.8) is 0 Å². The van der Waals surface area contributed by atoms with E-state index in [1.54, 1.807) is 0 Å². The number of benzene rings is 1. The molecular formula is C16H26NO3P. The van der Waals surface area contributed by atoms with Crippen molar-refractivity contribution >= 4 is 13.7 Å². The summed E-state index contributed by atoms with van der Waals surface area (Å²) in [6, 6.07) is 8.29. The van der Waals surface area contributed by atoms with E-state index in [0.29, 0.717) is 19.4 Å². The van der Waals surface area contributed by atoms with Crippen LogP contribution in [0.4, 0.5) is 0 Å². The summed E-state index contributed by atoms with van der Waals surface area (Å²) in [6.07, 6.45) is 4.12. The van der Waals surface area contributed by atoms with E-state index in [-0.39, 0.29) is 0 Å². The van der Waals surface area contributed by atoms with E-state index in [1.807, 2.05) is 52.2 Å². The van der Waals surface area contributed by atoms with Crippen molar-refractivity contribution in [1.82, 2.24) is 4.90 Å². The third-order valence-corrected chi connectivity index (χ3v) is 4.70. The van der Waals surface area contributed by atoms with Crippen LogP contribution >= 0.6 is 7.60 Å². The van der Waals surface area contributed by atoms with Crippen LogP contribution in [0, 0.1) is 0 Å². The molecule has 4 nitrogen and oxygen atoms in total. The van der Waals surface area contributed by atoms with E-state index < -0.39 is 7.60 Å². The molecule has 0 unspecified atom stereocenters. The molecular weight excluding hydrogens is 285 g/mol. The number of allylic oxidation sites excluding steroid dienone is 1. The predicted molar refractivity (Wildman–Crippen MR) is 88.6 cm³/mol. The third-order valence-electron chi connectivity index (χ3n) is 2.74. The lowest BCUT2D eigenvalue weighted by atomic mass is 10.1. The van der Waals surface area contributed by atoms with Gasteiger partial charge in [-0.25, -0.2) is 0 Å². The highest BCUT2D eigenvalue weighted by molar-refractivity contribution is 7.54. The Morgan fingerprint density at radius 2 is 1.86 bits per heavy atom. The summed E-state index contributed by atoms with van der Waals surface area (Å²) in [6.45, 7) is 5.32. The minimum Gasteiger partial charge on any atom is -0.309 e. The van der Waals surface area contributed by atoms with Gasteiger partial charge < -0.3 is 13.9 Å². The third kappa shape index (κ3) is 7.05. The summed E-state index contributed by atoms with van der Waals surface area (Å²) in [5.41, 5.74) is 2.34. The normalized spacial score (nSPS) is 12.4. The highest BCUT2D eigenvalue weighted by atomic mass is 31.2. The second kappa shape index (κ2) is 9.16. The quantitative estimate of drug-likeness (QED) is 0.646. The van der Waals surface area contributed by atoms with Gasteiger partial charge in [0.1, 0.15) is 0 Å². The maximum Gasteiger partial charge on any atom is 0.334 e. The topological polar surface area (TPSA) is 38.8 Å². The van der Waals surface area contributed by atoms with Gasteiger partial charge in [0.05, 0.1) is 19.4 Å². The summed E-state index contributed by atoms with van der Waals surface area (Å²) in [5.74, 6) is 0. The molecule has 0 heterocycles. The summed E-state index contributed by atoms with van der Waals surface area (Å²) >= 11 is 0. The first kappa shape index (κ1) is 18.1. The first-order valence-corrected chi connectivity index (χ1v) is 9.00.